The van der Waals surface area contributed by atoms with Gasteiger partial charge in [-0.05, 0) is 136 Å². The number of aromatic amines is 2. The number of aliphatic hydroxyl groups excluding tert-OH is 1. The number of hydrogen-bond donors (Lipinski definition) is 22. The quantitative estimate of drug-likeness (QED) is 0.0438. The van der Waals surface area contributed by atoms with Gasteiger partial charge in [0.15, 0.2) is 0 Å². The first kappa shape index (κ1) is 90.0. The molecule has 3 saturated heterocycles. The number of hydrogen-bond acceptors (Lipinski definition) is 22. The number of aromatic nitrogens is 2. The first-order chi connectivity index (χ1) is 53.4. The van der Waals surface area contributed by atoms with Crippen molar-refractivity contribution in [2.24, 2.45) is 46.1 Å². The minimum Gasteiger partial charge on any atom is -0.391 e. The van der Waals surface area contributed by atoms with Crippen molar-refractivity contribution in [3.63, 3.8) is 0 Å². The highest BCUT2D eigenvalue weighted by atomic mass is 16.3. The van der Waals surface area contributed by atoms with E-state index in [-0.39, 0.29) is 64.6 Å². The van der Waals surface area contributed by atoms with E-state index in [0.29, 0.717) is 52.2 Å². The number of nitrogens with zero attached hydrogens (tertiary/aromatic N) is 2. The van der Waals surface area contributed by atoms with Gasteiger partial charge >= 0.3 is 0 Å². The number of H-pyrrole nitrogens is 2. The normalized spacial score (nSPS) is 28.5. The van der Waals surface area contributed by atoms with E-state index in [9.17, 15) is 67.4 Å². The molecule has 2 aromatic heterocycles. The summed E-state index contributed by atoms with van der Waals surface area (Å²) in [6.45, 7) is 14.5. The summed E-state index contributed by atoms with van der Waals surface area (Å²) in [5, 5.41) is 43.9. The molecule has 5 heterocycles. The second-order valence-corrected chi connectivity index (χ2v) is 30.4. The highest BCUT2D eigenvalue weighted by Crippen LogP contribution is 2.28. The van der Waals surface area contributed by atoms with Crippen molar-refractivity contribution >= 4 is 105 Å². The molecule has 22 atom stereocenters. The predicted octanol–water partition coefficient (Wildman–Crippen LogP) is -6.09. The van der Waals surface area contributed by atoms with Crippen LogP contribution in [0, 0.1) is 5.92 Å². The van der Waals surface area contributed by atoms with E-state index < -0.39 is 216 Å². The predicted molar refractivity (Wildman–Crippen MR) is 418 cm³/mol. The second kappa shape index (κ2) is 41.0. The number of benzene rings is 2. The van der Waals surface area contributed by atoms with Crippen LogP contribution < -0.4 is 104 Å². The van der Waals surface area contributed by atoms with Crippen LogP contribution in [0.4, 0.5) is 0 Å². The van der Waals surface area contributed by atoms with Crippen LogP contribution in [0.3, 0.4) is 0 Å². The molecule has 6 unspecified atom stereocenters. The lowest BCUT2D eigenvalue weighted by molar-refractivity contribution is -0.148. The van der Waals surface area contributed by atoms with Gasteiger partial charge in [-0.1, -0.05) is 56.7 Å². The summed E-state index contributed by atoms with van der Waals surface area (Å²) in [5.41, 5.74) is 46.6. The van der Waals surface area contributed by atoms with Crippen molar-refractivity contribution in [3.05, 3.63) is 72.1 Å². The Morgan fingerprint density at radius 3 is 1.17 bits per heavy atom. The number of unbranched alkanes of at least 4 members (excludes halogenated alkanes) is 1. The van der Waals surface area contributed by atoms with Gasteiger partial charge in [0.1, 0.15) is 84.6 Å². The topological polar surface area (TPSA) is 624 Å². The molecule has 7 rings (SSSR count). The van der Waals surface area contributed by atoms with Gasteiger partial charge in [-0.15, -0.1) is 0 Å². The van der Waals surface area contributed by atoms with Crippen LogP contribution in [0.25, 0.3) is 21.8 Å². The van der Waals surface area contributed by atoms with Gasteiger partial charge in [-0.3, -0.25) is 67.1 Å². The monoisotopic (exact) mass is 1580 g/mol. The number of nitrogens with two attached hydrogens (primary N) is 7. The summed E-state index contributed by atoms with van der Waals surface area (Å²) in [5.74, 6) is -13.8. The van der Waals surface area contributed by atoms with Crippen molar-refractivity contribution in [3.8, 4) is 0 Å². The minimum absolute atomic E-state index is 0.0231. The van der Waals surface area contributed by atoms with E-state index in [4.69, 9.17) is 40.1 Å². The number of carbonyl (C=O) groups is 14. The zero-order chi connectivity index (χ0) is 83.6. The van der Waals surface area contributed by atoms with E-state index >= 15 is 4.79 Å². The first-order valence-electron chi connectivity index (χ1n) is 38.7. The Bertz CT molecular complexity index is 4050. The summed E-state index contributed by atoms with van der Waals surface area (Å²) >= 11 is 0. The maximum Gasteiger partial charge on any atom is 0.247 e. The third kappa shape index (κ3) is 23.2. The molecule has 0 radical (unpaired) electrons. The van der Waals surface area contributed by atoms with Gasteiger partial charge in [0.05, 0.1) is 6.10 Å². The summed E-state index contributed by atoms with van der Waals surface area (Å²) in [4.78, 5) is 214. The fraction of sp³-hybridized carbons (Fsp3) is 0.600. The maximum absolute atomic E-state index is 15.1. The molecule has 0 bridgehead atoms. The van der Waals surface area contributed by atoms with Crippen LogP contribution in [-0.2, 0) is 80.0 Å². The van der Waals surface area contributed by atoms with Gasteiger partial charge in [-0.2, -0.15) is 0 Å². The summed E-state index contributed by atoms with van der Waals surface area (Å²) in [6.07, 6.45) is 2.70. The molecule has 2 aromatic carbocycles. The molecule has 0 spiro atoms. The van der Waals surface area contributed by atoms with Crippen molar-refractivity contribution in [2.45, 2.75) is 260 Å². The molecular formula is C75H117N23O15. The Morgan fingerprint density at radius 1 is 0.398 bits per heavy atom. The second-order valence-electron chi connectivity index (χ2n) is 30.4. The van der Waals surface area contributed by atoms with Crippen molar-refractivity contribution in [1.29, 1.82) is 0 Å². The van der Waals surface area contributed by atoms with E-state index in [1.807, 2.05) is 0 Å². The average Bonchev–Trinajstić information content (AvgIpc) is 1.76. The standard InChI is InChI=1S/C75H117N23O15/c1-11-34(2)54-67(105)92-56(36(4)78)69(107)86-49(24-16-17-27-76)63(101)90-58(38(6)80)71(109)94-57(37(5)79)70(108)87-51(31-44-33-84-48-23-15-13-21-46(44)48)65(103)91-59(39(7)81)72(110)93-55(35(3)77)68(106)85-41(9)62(100)95-60(40(8)82)75(113)98-29-19-26-53(98)74(112)97-28-18-25-52(97)66(104)96-61(42(10)99)73(111)88-50(64(102)89-54)30-43-32-83-47-22-14-12-20-45(43)47/h12-15,20-23,32-42,49-61,83-84,99H,11,16-19,24-31,76-82H2,1-10H3,(H,85,106)(H,86,107)(H,87,108)(H,88,111)(H,89,102)(H,90,101)(H,91,103)(H,92,105)(H,93,110)(H,94,109)(H,95,100)(H,96,104)/t34-,35?,36?,37?,38?,39?,40?,41-,42+,49-,50-,51-,52-,53+,54-,55-,56-,57-,58-,59-,60-,61-/m0/s1. The Hall–Kier alpha value is -10.2. The number of para-hydroxylation sites is 2. The van der Waals surface area contributed by atoms with Crippen LogP contribution in [0.15, 0.2) is 60.9 Å². The van der Waals surface area contributed by atoms with Crippen molar-refractivity contribution < 1.29 is 72.2 Å². The number of aliphatic hydroxyl groups is 1. The minimum atomic E-state index is -1.77. The molecule has 38 heteroatoms. The number of rotatable bonds is 17. The first-order valence-corrected chi connectivity index (χ1v) is 38.7. The number of fused-ring (bicyclic) bond motifs is 4. The van der Waals surface area contributed by atoms with E-state index in [2.05, 4.69) is 73.8 Å². The Labute approximate surface area is 655 Å². The Balaban J connectivity index is 1.25. The highest BCUT2D eigenvalue weighted by Gasteiger charge is 2.47. The molecular weight excluding hydrogens is 1460 g/mol. The molecule has 3 aliphatic rings. The van der Waals surface area contributed by atoms with Crippen molar-refractivity contribution in [1.82, 2.24) is 83.6 Å². The highest BCUT2D eigenvalue weighted by molar-refractivity contribution is 6.02. The lowest BCUT2D eigenvalue weighted by atomic mass is 9.96. The average molecular weight is 1580 g/mol. The van der Waals surface area contributed by atoms with E-state index in [0.717, 1.165) is 0 Å². The molecule has 0 saturated carbocycles. The number of carbonyl (C=O) groups excluding carboxylic acids is 14. The molecule has 14 amide bonds. The van der Waals surface area contributed by atoms with Gasteiger partial charge in [-0.25, -0.2) is 0 Å². The smallest absolute Gasteiger partial charge is 0.247 e. The third-order valence-electron chi connectivity index (χ3n) is 20.9. The molecule has 622 valence electrons. The zero-order valence-electron chi connectivity index (χ0n) is 65.8. The van der Waals surface area contributed by atoms with Crippen LogP contribution >= 0.6 is 0 Å². The van der Waals surface area contributed by atoms with Crippen LogP contribution in [0.2, 0.25) is 0 Å². The fourth-order valence-electron chi connectivity index (χ4n) is 14.1. The van der Waals surface area contributed by atoms with E-state index in [1.165, 1.54) is 65.2 Å². The van der Waals surface area contributed by atoms with Gasteiger partial charge in [0.25, 0.3) is 0 Å². The fourth-order valence-corrected chi connectivity index (χ4v) is 14.1. The van der Waals surface area contributed by atoms with Gasteiger partial charge in [0.2, 0.25) is 82.7 Å². The summed E-state index contributed by atoms with van der Waals surface area (Å²) < 4.78 is 0. The molecule has 3 fully saturated rings. The number of amides is 14. The molecule has 0 aliphatic carbocycles. The van der Waals surface area contributed by atoms with Crippen LogP contribution in [0.5, 0.6) is 0 Å². The lowest BCUT2D eigenvalue weighted by Gasteiger charge is -2.34. The molecule has 4 aromatic rings. The van der Waals surface area contributed by atoms with Crippen LogP contribution in [-0.4, -0.2) is 254 Å². The van der Waals surface area contributed by atoms with Gasteiger partial charge in [0, 0.05) is 96.4 Å². The van der Waals surface area contributed by atoms with Gasteiger partial charge < -0.3 is 129 Å². The Morgan fingerprint density at radius 2 is 0.743 bits per heavy atom. The number of nitrogens with one attached hydrogen (secondary N) is 14. The summed E-state index contributed by atoms with van der Waals surface area (Å²) in [7, 11) is 0. The zero-order valence-corrected chi connectivity index (χ0v) is 65.8. The third-order valence-corrected chi connectivity index (χ3v) is 20.9. The molecule has 29 N–H and O–H groups in total. The summed E-state index contributed by atoms with van der Waals surface area (Å²) in [6, 6.07) is -14.5. The maximum atomic E-state index is 15.1. The lowest BCUT2D eigenvalue weighted by Crippen LogP contribution is -2.66. The van der Waals surface area contributed by atoms with Crippen molar-refractivity contribution in [2.75, 3.05) is 19.6 Å². The SMILES string of the molecule is CC[C@H](C)[C@@H]1NC(=O)[C@H](Cc2c[nH]c3ccccc23)NC(=O)[C@H]([C@@H](C)O)NC(=O)[C@@H]2CCCN2C(=O)[C@H]2CCCN2C(=O)[C@H](C(C)N)NC(=O)[C@H](C)NC(=O)[C@H](C(C)N)NC(=O)[C@H](C(C)N)NC(=O)[C@H](Cc2c[nH]c3ccccc23)NC(=O)[C@H](C(C)N)NC(=O)[C@H](C(C)N)NC(=O)[C@H](CCCCN)NC(=O)[C@H](C(C)N)NC1=O. The van der Waals surface area contributed by atoms with E-state index in [1.54, 1.807) is 74.8 Å². The Kier molecular flexibility index (Phi) is 32.6. The molecule has 113 heavy (non-hydrogen) atoms. The molecule has 38 nitrogen and oxygen atoms in total. The largest absolute Gasteiger partial charge is 0.391 e. The van der Waals surface area contributed by atoms with Crippen LogP contribution in [0.1, 0.15) is 132 Å². The molecule has 3 aliphatic heterocycles.